The zero-order chi connectivity index (χ0) is 20.1. The fourth-order valence-electron chi connectivity index (χ4n) is 4.61. The van der Waals surface area contributed by atoms with Crippen LogP contribution in [-0.2, 0) is 9.59 Å². The van der Waals surface area contributed by atoms with E-state index in [0.29, 0.717) is 19.5 Å². The van der Waals surface area contributed by atoms with Crippen molar-refractivity contribution in [1.82, 2.24) is 24.6 Å². The van der Waals surface area contributed by atoms with Crippen molar-refractivity contribution in [2.75, 3.05) is 20.1 Å². The fourth-order valence-corrected chi connectivity index (χ4v) is 4.61. The van der Waals surface area contributed by atoms with Gasteiger partial charge in [-0.25, -0.2) is 14.1 Å². The van der Waals surface area contributed by atoms with E-state index in [1.54, 1.807) is 18.1 Å². The van der Waals surface area contributed by atoms with Gasteiger partial charge in [-0.1, -0.05) is 26.2 Å². The van der Waals surface area contributed by atoms with Crippen LogP contribution in [0.2, 0.25) is 0 Å². The summed E-state index contributed by atoms with van der Waals surface area (Å²) in [7, 11) is 1.66. The summed E-state index contributed by atoms with van der Waals surface area (Å²) in [6.07, 6.45) is 8.66. The second-order valence-electron chi connectivity index (χ2n) is 8.15. The van der Waals surface area contributed by atoms with E-state index in [-0.39, 0.29) is 23.9 Å². The highest BCUT2D eigenvalue weighted by Crippen LogP contribution is 2.29. The molecule has 3 atom stereocenters. The van der Waals surface area contributed by atoms with E-state index in [0.717, 1.165) is 44.9 Å². The first-order valence-corrected chi connectivity index (χ1v) is 10.6. The van der Waals surface area contributed by atoms with E-state index in [9.17, 15) is 14.0 Å². The first-order valence-electron chi connectivity index (χ1n) is 10.6. The Balaban J connectivity index is 1.60. The number of carbonyl (C=O) groups excluding carboxylic acids is 2. The zero-order valence-corrected chi connectivity index (χ0v) is 17.0. The maximum absolute atomic E-state index is 14.7. The average molecular weight is 394 g/mol. The van der Waals surface area contributed by atoms with Gasteiger partial charge in [0, 0.05) is 26.2 Å². The van der Waals surface area contributed by atoms with E-state index in [2.05, 4.69) is 10.1 Å². The molecule has 1 aromatic heterocycles. The molecule has 0 bridgehead atoms. The third kappa shape index (κ3) is 4.52. The van der Waals surface area contributed by atoms with E-state index in [1.807, 2.05) is 11.8 Å². The molecule has 1 saturated carbocycles. The highest BCUT2D eigenvalue weighted by Gasteiger charge is 2.37. The molecule has 2 aliphatic rings. The van der Waals surface area contributed by atoms with Gasteiger partial charge < -0.3 is 9.80 Å². The number of rotatable bonds is 7. The number of alkyl halides is 1. The van der Waals surface area contributed by atoms with Gasteiger partial charge in [0.1, 0.15) is 18.7 Å². The molecule has 1 saturated heterocycles. The molecule has 3 rings (SSSR count). The summed E-state index contributed by atoms with van der Waals surface area (Å²) >= 11 is 0. The van der Waals surface area contributed by atoms with Crippen LogP contribution in [0, 0.1) is 5.92 Å². The minimum absolute atomic E-state index is 0.000396. The molecule has 3 unspecified atom stereocenters. The van der Waals surface area contributed by atoms with Gasteiger partial charge in [-0.05, 0) is 38.0 Å². The summed E-state index contributed by atoms with van der Waals surface area (Å²) in [6, 6.07) is -0.460. The van der Waals surface area contributed by atoms with Gasteiger partial charge in [0.05, 0.1) is 0 Å². The third-order valence-corrected chi connectivity index (χ3v) is 6.25. The first-order chi connectivity index (χ1) is 13.5. The molecular formula is C20H32FN5O2. The summed E-state index contributed by atoms with van der Waals surface area (Å²) in [5.74, 6) is -0.586. The first kappa shape index (κ1) is 20.7. The summed E-state index contributed by atoms with van der Waals surface area (Å²) in [5.41, 5.74) is 0. The summed E-state index contributed by atoms with van der Waals surface area (Å²) < 4.78 is 16.3. The van der Waals surface area contributed by atoms with Crippen LogP contribution in [0.3, 0.4) is 0 Å². The predicted molar refractivity (Wildman–Crippen MR) is 103 cm³/mol. The average Bonchev–Trinajstić information content (AvgIpc) is 3.40. The number of nitrogens with zero attached hydrogens (tertiary/aromatic N) is 5. The van der Waals surface area contributed by atoms with Gasteiger partial charge in [-0.15, -0.1) is 0 Å². The van der Waals surface area contributed by atoms with Gasteiger partial charge in [-0.2, -0.15) is 5.10 Å². The monoisotopic (exact) mass is 393 g/mol. The standard InChI is InChI=1S/C20H32FN5O2/c1-3-17(26-14-22-13-23-26)19(27)25-11-7-10-16(25)12-24(2)20(28)18(21)15-8-5-4-6-9-15/h13-18H,3-12H2,1-2H3. The molecule has 2 heterocycles. The van der Waals surface area contributed by atoms with E-state index < -0.39 is 12.1 Å². The summed E-state index contributed by atoms with van der Waals surface area (Å²) in [4.78, 5) is 33.0. The van der Waals surface area contributed by atoms with E-state index in [1.165, 1.54) is 11.2 Å². The van der Waals surface area contributed by atoms with Gasteiger partial charge in [-0.3, -0.25) is 9.59 Å². The van der Waals surface area contributed by atoms with Crippen LogP contribution < -0.4 is 0 Å². The highest BCUT2D eigenvalue weighted by atomic mass is 19.1. The molecule has 1 aliphatic heterocycles. The normalized spacial score (nSPS) is 22.8. The fraction of sp³-hybridized carbons (Fsp3) is 0.800. The molecular weight excluding hydrogens is 361 g/mol. The molecule has 1 aliphatic carbocycles. The Kier molecular flexibility index (Phi) is 7.02. The molecule has 0 spiro atoms. The SMILES string of the molecule is CCC(C(=O)N1CCCC1CN(C)C(=O)C(F)C1CCCCC1)n1cncn1. The maximum atomic E-state index is 14.7. The molecule has 7 nitrogen and oxygen atoms in total. The molecule has 2 fully saturated rings. The maximum Gasteiger partial charge on any atom is 0.257 e. The second-order valence-corrected chi connectivity index (χ2v) is 8.15. The third-order valence-electron chi connectivity index (χ3n) is 6.25. The molecule has 28 heavy (non-hydrogen) atoms. The van der Waals surface area contributed by atoms with Gasteiger partial charge in [0.25, 0.3) is 5.91 Å². The Morgan fingerprint density at radius 1 is 1.21 bits per heavy atom. The van der Waals surface area contributed by atoms with Gasteiger partial charge in [0.15, 0.2) is 6.17 Å². The molecule has 1 aromatic rings. The predicted octanol–water partition coefficient (Wildman–Crippen LogP) is 2.60. The number of halogens is 1. The molecule has 156 valence electrons. The summed E-state index contributed by atoms with van der Waals surface area (Å²) in [5, 5.41) is 4.11. The number of hydrogen-bond donors (Lipinski definition) is 0. The number of likely N-dealkylation sites (tertiary alicyclic amines) is 1. The molecule has 8 heteroatoms. The van der Waals surface area contributed by atoms with E-state index in [4.69, 9.17) is 0 Å². The Hall–Kier alpha value is -1.99. The van der Waals surface area contributed by atoms with Crippen molar-refractivity contribution in [2.24, 2.45) is 5.92 Å². The molecule has 0 aromatic carbocycles. The van der Waals surface area contributed by atoms with Crippen LogP contribution in [0.25, 0.3) is 0 Å². The highest BCUT2D eigenvalue weighted by molar-refractivity contribution is 5.82. The van der Waals surface area contributed by atoms with Crippen molar-refractivity contribution >= 4 is 11.8 Å². The molecule has 0 radical (unpaired) electrons. The van der Waals surface area contributed by atoms with Crippen LogP contribution in [0.1, 0.15) is 64.3 Å². The molecule has 2 amide bonds. The number of hydrogen-bond acceptors (Lipinski definition) is 4. The van der Waals surface area contributed by atoms with Crippen molar-refractivity contribution in [2.45, 2.75) is 76.5 Å². The minimum Gasteiger partial charge on any atom is -0.341 e. The van der Waals surface area contributed by atoms with Crippen LogP contribution in [0.4, 0.5) is 4.39 Å². The number of likely N-dealkylation sites (N-methyl/N-ethyl adjacent to an activating group) is 1. The Bertz CT molecular complexity index is 647. The van der Waals surface area contributed by atoms with E-state index >= 15 is 0 Å². The second kappa shape index (κ2) is 9.47. The van der Waals surface area contributed by atoms with Crippen LogP contribution in [-0.4, -0.2) is 68.7 Å². The van der Waals surface area contributed by atoms with Crippen molar-refractivity contribution in [3.05, 3.63) is 12.7 Å². The smallest absolute Gasteiger partial charge is 0.257 e. The Labute approximate surface area is 166 Å². The van der Waals surface area contributed by atoms with Crippen LogP contribution >= 0.6 is 0 Å². The topological polar surface area (TPSA) is 71.3 Å². The van der Waals surface area contributed by atoms with Gasteiger partial charge in [0.2, 0.25) is 5.91 Å². The quantitative estimate of drug-likeness (QED) is 0.714. The largest absolute Gasteiger partial charge is 0.341 e. The lowest BCUT2D eigenvalue weighted by atomic mass is 9.85. The van der Waals surface area contributed by atoms with Crippen molar-refractivity contribution in [3.63, 3.8) is 0 Å². The lowest BCUT2D eigenvalue weighted by Crippen LogP contribution is -2.48. The van der Waals surface area contributed by atoms with Crippen molar-refractivity contribution < 1.29 is 14.0 Å². The number of amides is 2. The van der Waals surface area contributed by atoms with Crippen LogP contribution in [0.5, 0.6) is 0 Å². The lowest BCUT2D eigenvalue weighted by Gasteiger charge is -2.33. The van der Waals surface area contributed by atoms with Crippen LogP contribution in [0.15, 0.2) is 12.7 Å². The lowest BCUT2D eigenvalue weighted by molar-refractivity contribution is -0.141. The van der Waals surface area contributed by atoms with Crippen molar-refractivity contribution in [3.8, 4) is 0 Å². The minimum atomic E-state index is -1.42. The molecule has 0 N–H and O–H groups in total. The number of aromatic nitrogens is 3. The Morgan fingerprint density at radius 2 is 1.96 bits per heavy atom. The van der Waals surface area contributed by atoms with Gasteiger partial charge >= 0.3 is 0 Å². The zero-order valence-electron chi connectivity index (χ0n) is 17.0. The van der Waals surface area contributed by atoms with Crippen molar-refractivity contribution in [1.29, 1.82) is 0 Å². The summed E-state index contributed by atoms with van der Waals surface area (Å²) in [6.45, 7) is 2.99. The Morgan fingerprint density at radius 3 is 2.61 bits per heavy atom. The number of carbonyl (C=O) groups is 2.